The number of rotatable bonds is 7. The molecule has 7 nitrogen and oxygen atoms in total. The molecule has 5 saturated carbocycles. The maximum Gasteiger partial charge on any atom is 0.315 e. The molecular weight excluding hydrogens is 380 g/mol. The Balaban J connectivity index is 1.07. The van der Waals surface area contributed by atoms with Gasteiger partial charge < -0.3 is 10.6 Å². The van der Waals surface area contributed by atoms with Gasteiger partial charge in [0.1, 0.15) is 0 Å². The first kappa shape index (κ1) is 21.4. The van der Waals surface area contributed by atoms with Crippen LogP contribution in [0.2, 0.25) is 0 Å². The van der Waals surface area contributed by atoms with E-state index < -0.39 is 0 Å². The van der Waals surface area contributed by atoms with E-state index in [2.05, 4.69) is 21.5 Å². The lowest BCUT2D eigenvalue weighted by Crippen LogP contribution is -2.50. The molecule has 0 aromatic rings. The summed E-state index contributed by atoms with van der Waals surface area (Å²) >= 11 is 0. The number of carbonyl (C=O) groups excluding carboxylic acids is 3. The van der Waals surface area contributed by atoms with Crippen molar-refractivity contribution in [1.82, 2.24) is 21.5 Å². The molecule has 168 valence electrons. The fourth-order valence-electron chi connectivity index (χ4n) is 7.03. The van der Waals surface area contributed by atoms with Crippen molar-refractivity contribution < 1.29 is 14.4 Å². The molecule has 5 aliphatic carbocycles. The van der Waals surface area contributed by atoms with E-state index in [9.17, 15) is 14.4 Å². The number of urea groups is 1. The molecule has 4 bridgehead atoms. The predicted octanol–water partition coefficient (Wildman–Crippen LogP) is 3.15. The van der Waals surface area contributed by atoms with E-state index in [1.54, 1.807) is 0 Å². The quantitative estimate of drug-likeness (QED) is 0.377. The van der Waals surface area contributed by atoms with E-state index in [1.165, 1.54) is 57.8 Å². The SMILES string of the molecule is O=C(CCCNC(=O)NC1CCCCC1)NNC(=O)CC12CC3CC(CC(C3)C1)C2. The number of hydrazine groups is 1. The minimum atomic E-state index is -0.205. The Hall–Kier alpha value is -1.79. The van der Waals surface area contributed by atoms with Crippen LogP contribution in [0.3, 0.4) is 0 Å². The molecule has 5 rings (SSSR count). The Morgan fingerprint density at radius 3 is 2.03 bits per heavy atom. The van der Waals surface area contributed by atoms with Gasteiger partial charge in [0.05, 0.1) is 0 Å². The molecule has 7 heteroatoms. The Morgan fingerprint density at radius 1 is 0.800 bits per heavy atom. The molecule has 0 atom stereocenters. The third kappa shape index (κ3) is 5.67. The van der Waals surface area contributed by atoms with Gasteiger partial charge in [0, 0.05) is 25.4 Å². The number of carbonyl (C=O) groups is 3. The molecule has 0 unspecified atom stereocenters. The lowest BCUT2D eigenvalue weighted by Gasteiger charge is -2.56. The third-order valence-corrected chi connectivity index (χ3v) is 7.85. The number of hydrogen-bond acceptors (Lipinski definition) is 3. The van der Waals surface area contributed by atoms with Crippen molar-refractivity contribution in [2.24, 2.45) is 23.2 Å². The molecule has 4 N–H and O–H groups in total. The monoisotopic (exact) mass is 418 g/mol. The van der Waals surface area contributed by atoms with Crippen molar-refractivity contribution in [3.8, 4) is 0 Å². The second-order valence-corrected chi connectivity index (χ2v) is 10.5. The van der Waals surface area contributed by atoms with Crippen LogP contribution in [0.4, 0.5) is 4.79 Å². The van der Waals surface area contributed by atoms with Gasteiger partial charge in [-0.15, -0.1) is 0 Å². The maximum atomic E-state index is 12.4. The van der Waals surface area contributed by atoms with Crippen LogP contribution in [-0.4, -0.2) is 30.4 Å². The first-order valence-corrected chi connectivity index (χ1v) is 12.1. The van der Waals surface area contributed by atoms with Gasteiger partial charge in [0.2, 0.25) is 11.8 Å². The highest BCUT2D eigenvalue weighted by molar-refractivity contribution is 5.82. The third-order valence-electron chi connectivity index (χ3n) is 7.85. The van der Waals surface area contributed by atoms with Gasteiger partial charge >= 0.3 is 6.03 Å². The zero-order chi connectivity index (χ0) is 21.0. The molecule has 0 aliphatic heterocycles. The molecular formula is C23H38N4O3. The minimum Gasteiger partial charge on any atom is -0.338 e. The molecule has 0 spiro atoms. The summed E-state index contributed by atoms with van der Waals surface area (Å²) < 4.78 is 0. The van der Waals surface area contributed by atoms with Crippen LogP contribution in [0.25, 0.3) is 0 Å². The number of hydrogen-bond donors (Lipinski definition) is 4. The molecule has 5 fully saturated rings. The van der Waals surface area contributed by atoms with Crippen LogP contribution in [0.1, 0.15) is 89.9 Å². The highest BCUT2D eigenvalue weighted by atomic mass is 16.2. The van der Waals surface area contributed by atoms with Crippen molar-refractivity contribution in [2.75, 3.05) is 6.54 Å². The van der Waals surface area contributed by atoms with E-state index in [-0.39, 0.29) is 35.7 Å². The zero-order valence-corrected chi connectivity index (χ0v) is 18.1. The van der Waals surface area contributed by atoms with Crippen molar-refractivity contribution >= 4 is 17.8 Å². The Bertz CT molecular complexity index is 609. The van der Waals surface area contributed by atoms with E-state index in [0.29, 0.717) is 19.4 Å². The van der Waals surface area contributed by atoms with Gasteiger partial charge in [-0.05, 0) is 81.0 Å². The van der Waals surface area contributed by atoms with E-state index in [1.807, 2.05) is 0 Å². The van der Waals surface area contributed by atoms with Crippen LogP contribution in [0.5, 0.6) is 0 Å². The molecule has 0 aromatic carbocycles. The maximum absolute atomic E-state index is 12.4. The summed E-state index contributed by atoms with van der Waals surface area (Å²) in [6, 6.07) is 0.136. The summed E-state index contributed by atoms with van der Waals surface area (Å²) in [4.78, 5) is 36.4. The van der Waals surface area contributed by atoms with E-state index in [4.69, 9.17) is 0 Å². The summed E-state index contributed by atoms with van der Waals surface area (Å²) in [6.07, 6.45) is 14.8. The standard InChI is InChI=1S/C23H38N4O3/c28-20(7-4-8-24-22(30)25-19-5-2-1-3-6-19)26-27-21(29)15-23-12-16-9-17(13-23)11-18(10-16)14-23/h16-19H,1-15H2,(H,26,28)(H,27,29)(H2,24,25,30). The topological polar surface area (TPSA) is 99.3 Å². The molecule has 30 heavy (non-hydrogen) atoms. The second-order valence-electron chi connectivity index (χ2n) is 10.5. The molecule has 0 aromatic heterocycles. The zero-order valence-electron chi connectivity index (χ0n) is 18.1. The number of nitrogens with one attached hydrogen (secondary N) is 4. The van der Waals surface area contributed by atoms with Crippen molar-refractivity contribution in [3.63, 3.8) is 0 Å². The van der Waals surface area contributed by atoms with Gasteiger partial charge in [-0.25, -0.2) is 4.79 Å². The van der Waals surface area contributed by atoms with Crippen molar-refractivity contribution in [1.29, 1.82) is 0 Å². The molecule has 4 amide bonds. The van der Waals surface area contributed by atoms with Crippen LogP contribution >= 0.6 is 0 Å². The fraction of sp³-hybridized carbons (Fsp3) is 0.870. The van der Waals surface area contributed by atoms with Crippen LogP contribution in [0, 0.1) is 23.2 Å². The van der Waals surface area contributed by atoms with Crippen molar-refractivity contribution in [3.05, 3.63) is 0 Å². The summed E-state index contributed by atoms with van der Waals surface area (Å²) in [6.45, 7) is 0.452. The first-order valence-electron chi connectivity index (χ1n) is 12.1. The predicted molar refractivity (Wildman–Crippen MR) is 114 cm³/mol. The second kappa shape index (κ2) is 9.56. The largest absolute Gasteiger partial charge is 0.338 e. The van der Waals surface area contributed by atoms with E-state index in [0.717, 1.165) is 30.6 Å². The average molecular weight is 419 g/mol. The molecule has 0 heterocycles. The van der Waals surface area contributed by atoms with Crippen LogP contribution in [-0.2, 0) is 9.59 Å². The molecule has 5 aliphatic rings. The Kier molecular flexibility index (Phi) is 6.84. The van der Waals surface area contributed by atoms with Gasteiger partial charge in [-0.3, -0.25) is 20.4 Å². The Morgan fingerprint density at radius 2 is 1.40 bits per heavy atom. The van der Waals surface area contributed by atoms with Crippen LogP contribution in [0.15, 0.2) is 0 Å². The highest BCUT2D eigenvalue weighted by Gasteiger charge is 2.51. The molecule has 0 saturated heterocycles. The normalized spacial score (nSPS) is 32.5. The first-order chi connectivity index (χ1) is 14.5. The highest BCUT2D eigenvalue weighted by Crippen LogP contribution is 2.61. The summed E-state index contributed by atoms with van der Waals surface area (Å²) in [5.74, 6) is 2.20. The Labute approximate surface area is 179 Å². The molecule has 0 radical (unpaired) electrons. The van der Waals surface area contributed by atoms with Gasteiger partial charge in [-0.1, -0.05) is 19.3 Å². The van der Waals surface area contributed by atoms with Crippen LogP contribution < -0.4 is 21.5 Å². The smallest absolute Gasteiger partial charge is 0.315 e. The summed E-state index contributed by atoms with van der Waals surface area (Å²) in [7, 11) is 0. The minimum absolute atomic E-state index is 0.0599. The van der Waals surface area contributed by atoms with Gasteiger partial charge in [-0.2, -0.15) is 0 Å². The number of amides is 4. The lowest BCUT2D eigenvalue weighted by molar-refractivity contribution is -0.134. The summed E-state index contributed by atoms with van der Waals surface area (Å²) in [5.41, 5.74) is 5.35. The van der Waals surface area contributed by atoms with E-state index >= 15 is 0 Å². The lowest BCUT2D eigenvalue weighted by atomic mass is 9.49. The summed E-state index contributed by atoms with van der Waals surface area (Å²) in [5, 5.41) is 5.82. The van der Waals surface area contributed by atoms with Crippen molar-refractivity contribution in [2.45, 2.75) is 95.9 Å². The van der Waals surface area contributed by atoms with Gasteiger partial charge in [0.15, 0.2) is 0 Å². The van der Waals surface area contributed by atoms with Gasteiger partial charge in [0.25, 0.3) is 0 Å². The fourth-order valence-corrected chi connectivity index (χ4v) is 7.03. The average Bonchev–Trinajstić information content (AvgIpc) is 2.69.